The monoisotopic (exact) mass is 341 g/mol. The predicted molar refractivity (Wildman–Crippen MR) is 88.4 cm³/mol. The maximum Gasteiger partial charge on any atom is 0.240 e. The number of hydrogen-bond donors (Lipinski definition) is 2. The molecule has 118 valence electrons. The third-order valence-corrected chi connectivity index (χ3v) is 4.16. The summed E-state index contributed by atoms with van der Waals surface area (Å²) in [5.41, 5.74) is 0.606. The zero-order valence-corrected chi connectivity index (χ0v) is 13.5. The van der Waals surface area contributed by atoms with Crippen molar-refractivity contribution in [3.63, 3.8) is 0 Å². The number of ether oxygens (including phenoxy) is 1. The number of halogens is 1. The van der Waals surface area contributed by atoms with Crippen LogP contribution in [0.5, 0.6) is 0 Å². The van der Waals surface area contributed by atoms with Gasteiger partial charge in [-0.1, -0.05) is 29.4 Å². The summed E-state index contributed by atoms with van der Waals surface area (Å²) >= 11 is 7.11. The Morgan fingerprint density at radius 1 is 1.55 bits per heavy atom. The molecule has 1 saturated heterocycles. The van der Waals surface area contributed by atoms with E-state index >= 15 is 0 Å². The number of nitrogens with one attached hydrogen (secondary N) is 2. The SMILES string of the molecule is COCCN=C1NC(=O)[C@H](CC(=O)Nc2cccc(Cl)c2)S1. The van der Waals surface area contributed by atoms with E-state index in [1.165, 1.54) is 11.8 Å². The average molecular weight is 342 g/mol. The summed E-state index contributed by atoms with van der Waals surface area (Å²) in [5.74, 6) is -0.449. The number of amidine groups is 1. The fraction of sp³-hybridized carbons (Fsp3) is 0.357. The maximum atomic E-state index is 12.0. The Bertz CT molecular complexity index is 594. The summed E-state index contributed by atoms with van der Waals surface area (Å²) < 4.78 is 4.89. The Labute approximate surface area is 137 Å². The summed E-state index contributed by atoms with van der Waals surface area (Å²) in [4.78, 5) is 28.0. The average Bonchev–Trinajstić information content (AvgIpc) is 2.79. The molecule has 8 heteroatoms. The van der Waals surface area contributed by atoms with E-state index in [1.807, 2.05) is 0 Å². The molecule has 1 aromatic rings. The molecule has 22 heavy (non-hydrogen) atoms. The first-order chi connectivity index (χ1) is 10.6. The van der Waals surface area contributed by atoms with Crippen molar-refractivity contribution in [3.8, 4) is 0 Å². The highest BCUT2D eigenvalue weighted by Gasteiger charge is 2.31. The van der Waals surface area contributed by atoms with E-state index in [0.717, 1.165) is 0 Å². The van der Waals surface area contributed by atoms with Crippen molar-refractivity contribution in [3.05, 3.63) is 29.3 Å². The van der Waals surface area contributed by atoms with E-state index in [2.05, 4.69) is 15.6 Å². The number of carbonyl (C=O) groups is 2. The van der Waals surface area contributed by atoms with Gasteiger partial charge in [-0.2, -0.15) is 0 Å². The fourth-order valence-electron chi connectivity index (χ4n) is 1.80. The van der Waals surface area contributed by atoms with Gasteiger partial charge in [0.15, 0.2) is 5.17 Å². The van der Waals surface area contributed by atoms with Crippen LogP contribution < -0.4 is 10.6 Å². The molecule has 2 N–H and O–H groups in total. The maximum absolute atomic E-state index is 12.0. The van der Waals surface area contributed by atoms with Crippen LogP contribution in [0.4, 0.5) is 5.69 Å². The van der Waals surface area contributed by atoms with E-state index in [4.69, 9.17) is 16.3 Å². The molecule has 0 aliphatic carbocycles. The second kappa shape index (κ2) is 8.17. The van der Waals surface area contributed by atoms with Crippen LogP contribution in [0.1, 0.15) is 6.42 Å². The minimum absolute atomic E-state index is 0.0757. The first kappa shape index (κ1) is 16.8. The van der Waals surface area contributed by atoms with Gasteiger partial charge in [-0.3, -0.25) is 14.6 Å². The molecule has 2 rings (SSSR count). The first-order valence-corrected chi connectivity index (χ1v) is 7.90. The number of benzene rings is 1. The fourth-order valence-corrected chi connectivity index (χ4v) is 2.99. The second-order valence-electron chi connectivity index (χ2n) is 4.54. The molecular formula is C14H16ClN3O3S. The van der Waals surface area contributed by atoms with Crippen LogP contribution in [0.2, 0.25) is 5.02 Å². The number of amides is 2. The van der Waals surface area contributed by atoms with E-state index < -0.39 is 5.25 Å². The molecule has 1 aliphatic heterocycles. The third-order valence-electron chi connectivity index (χ3n) is 2.81. The van der Waals surface area contributed by atoms with Gasteiger partial charge in [0.1, 0.15) is 5.25 Å². The molecule has 2 amide bonds. The Balaban J connectivity index is 1.86. The molecule has 1 heterocycles. The Morgan fingerprint density at radius 3 is 3.09 bits per heavy atom. The standard InChI is InChI=1S/C14H16ClN3O3S/c1-21-6-5-16-14-18-13(20)11(22-14)8-12(19)17-10-4-2-3-9(15)7-10/h2-4,7,11H,5-6,8H2,1H3,(H,17,19)(H,16,18,20)/t11-/m0/s1. The van der Waals surface area contributed by atoms with Gasteiger partial charge in [0.2, 0.25) is 11.8 Å². The minimum atomic E-state index is -0.472. The zero-order chi connectivity index (χ0) is 15.9. The van der Waals surface area contributed by atoms with Crippen LogP contribution in [0, 0.1) is 0 Å². The normalized spacial score (nSPS) is 19.3. The molecule has 1 aliphatic rings. The van der Waals surface area contributed by atoms with Crippen LogP contribution in [0.3, 0.4) is 0 Å². The van der Waals surface area contributed by atoms with Gasteiger partial charge < -0.3 is 15.4 Å². The largest absolute Gasteiger partial charge is 0.383 e. The molecule has 1 fully saturated rings. The quantitative estimate of drug-likeness (QED) is 0.774. The lowest BCUT2D eigenvalue weighted by Crippen LogP contribution is -2.28. The van der Waals surface area contributed by atoms with Crippen molar-refractivity contribution in [2.45, 2.75) is 11.7 Å². The van der Waals surface area contributed by atoms with Gasteiger partial charge in [0, 0.05) is 24.2 Å². The van der Waals surface area contributed by atoms with E-state index in [0.29, 0.717) is 29.0 Å². The molecule has 0 saturated carbocycles. The van der Waals surface area contributed by atoms with E-state index in [-0.39, 0.29) is 18.2 Å². The number of hydrogen-bond acceptors (Lipinski definition) is 5. The van der Waals surface area contributed by atoms with Crippen LogP contribution in [-0.4, -0.2) is 42.5 Å². The lowest BCUT2D eigenvalue weighted by Gasteiger charge is -2.07. The smallest absolute Gasteiger partial charge is 0.240 e. The number of rotatable bonds is 6. The van der Waals surface area contributed by atoms with Crippen molar-refractivity contribution in [1.82, 2.24) is 5.32 Å². The number of carbonyl (C=O) groups excluding carboxylic acids is 2. The number of nitrogens with zero attached hydrogens (tertiary/aromatic N) is 1. The summed E-state index contributed by atoms with van der Waals surface area (Å²) in [6, 6.07) is 6.86. The Kier molecular flexibility index (Phi) is 6.23. The van der Waals surface area contributed by atoms with Crippen molar-refractivity contribution in [1.29, 1.82) is 0 Å². The lowest BCUT2D eigenvalue weighted by molar-refractivity contribution is -0.122. The van der Waals surface area contributed by atoms with Crippen molar-refractivity contribution >= 4 is 46.0 Å². The van der Waals surface area contributed by atoms with E-state index in [1.54, 1.807) is 31.4 Å². The molecule has 6 nitrogen and oxygen atoms in total. The first-order valence-electron chi connectivity index (χ1n) is 6.65. The Hall–Kier alpha value is -1.57. The van der Waals surface area contributed by atoms with Crippen molar-refractivity contribution < 1.29 is 14.3 Å². The lowest BCUT2D eigenvalue weighted by atomic mass is 10.2. The molecule has 0 unspecified atom stereocenters. The van der Waals surface area contributed by atoms with Crippen LogP contribution >= 0.6 is 23.4 Å². The third kappa shape index (κ3) is 5.01. The van der Waals surface area contributed by atoms with Gasteiger partial charge in [0.25, 0.3) is 0 Å². The molecule has 0 bridgehead atoms. The number of thioether (sulfide) groups is 1. The highest BCUT2D eigenvalue weighted by molar-refractivity contribution is 8.15. The molecule has 1 atom stereocenters. The van der Waals surface area contributed by atoms with Crippen LogP contribution in [-0.2, 0) is 14.3 Å². The Morgan fingerprint density at radius 2 is 2.36 bits per heavy atom. The van der Waals surface area contributed by atoms with Crippen LogP contribution in [0.15, 0.2) is 29.3 Å². The summed E-state index contributed by atoms with van der Waals surface area (Å²) in [6.45, 7) is 0.959. The second-order valence-corrected chi connectivity index (χ2v) is 6.17. The van der Waals surface area contributed by atoms with Gasteiger partial charge in [-0.25, -0.2) is 0 Å². The molecule has 0 aromatic heterocycles. The van der Waals surface area contributed by atoms with Crippen LogP contribution in [0.25, 0.3) is 0 Å². The highest BCUT2D eigenvalue weighted by atomic mass is 35.5. The molecule has 1 aromatic carbocycles. The summed E-state index contributed by atoms with van der Waals surface area (Å²) in [5, 5.41) is 5.98. The molecular weight excluding hydrogens is 326 g/mol. The van der Waals surface area contributed by atoms with Gasteiger partial charge in [-0.05, 0) is 18.2 Å². The molecule has 0 radical (unpaired) electrons. The minimum Gasteiger partial charge on any atom is -0.383 e. The number of methoxy groups -OCH3 is 1. The number of anilines is 1. The summed E-state index contributed by atoms with van der Waals surface area (Å²) in [7, 11) is 1.59. The van der Waals surface area contributed by atoms with Gasteiger partial charge in [-0.15, -0.1) is 0 Å². The topological polar surface area (TPSA) is 79.8 Å². The predicted octanol–water partition coefficient (Wildman–Crippen LogP) is 1.90. The zero-order valence-electron chi connectivity index (χ0n) is 12.0. The highest BCUT2D eigenvalue weighted by Crippen LogP contribution is 2.23. The van der Waals surface area contributed by atoms with Gasteiger partial charge >= 0.3 is 0 Å². The summed E-state index contributed by atoms with van der Waals surface area (Å²) in [6.07, 6.45) is 0.0757. The molecule has 0 spiro atoms. The van der Waals surface area contributed by atoms with Crippen molar-refractivity contribution in [2.75, 3.05) is 25.6 Å². The van der Waals surface area contributed by atoms with Gasteiger partial charge in [0.05, 0.1) is 13.2 Å². The van der Waals surface area contributed by atoms with E-state index in [9.17, 15) is 9.59 Å². The number of aliphatic imine (C=N–C) groups is 1. The van der Waals surface area contributed by atoms with Crippen molar-refractivity contribution in [2.24, 2.45) is 4.99 Å².